The first-order chi connectivity index (χ1) is 23.7. The lowest BCUT2D eigenvalue weighted by Crippen LogP contribution is -2.45. The molecule has 1 heterocycles. The van der Waals surface area contributed by atoms with Crippen molar-refractivity contribution in [3.63, 3.8) is 0 Å². The van der Waals surface area contributed by atoms with E-state index in [0.29, 0.717) is 48.9 Å². The average molecular weight is 680 g/mol. The number of hydrogen-bond acceptors (Lipinski definition) is 9. The van der Waals surface area contributed by atoms with E-state index >= 15 is 0 Å². The molecule has 0 unspecified atom stereocenters. The number of rotatable bonds is 10. The van der Waals surface area contributed by atoms with Crippen molar-refractivity contribution >= 4 is 22.9 Å². The number of benzene rings is 3. The molecule has 11 nitrogen and oxygen atoms in total. The third kappa shape index (κ3) is 6.77. The molecule has 0 atom stereocenters. The number of nitro benzene ring substituents is 2. The number of Topliss-reactive ketones (excluding diaryl/α,β-unsaturated/α-hetero) is 2. The lowest BCUT2D eigenvalue weighted by atomic mass is 9.63. The minimum absolute atomic E-state index is 0.00920. The minimum atomic E-state index is -0.739. The SMILES string of the molecule is CCOc1cc(C2C3=C(CC(C)(C)CC3=O)N(CCc3ccccc3)C3=C2C(=O)CC(C)(C)C3)ccc1Oc1ccc([N+](=O)[O-])cc1[N+](=O)[O-]. The van der Waals surface area contributed by atoms with Crippen LogP contribution in [0, 0.1) is 31.1 Å². The molecule has 1 aliphatic heterocycles. The van der Waals surface area contributed by atoms with Gasteiger partial charge < -0.3 is 14.4 Å². The Labute approximate surface area is 290 Å². The topological polar surface area (TPSA) is 142 Å². The zero-order valence-corrected chi connectivity index (χ0v) is 29.0. The second kappa shape index (κ2) is 13.2. The van der Waals surface area contributed by atoms with Gasteiger partial charge in [-0.15, -0.1) is 0 Å². The van der Waals surface area contributed by atoms with Crippen LogP contribution >= 0.6 is 0 Å². The molecule has 0 saturated carbocycles. The highest BCUT2D eigenvalue weighted by molar-refractivity contribution is 6.06. The molecule has 0 radical (unpaired) electrons. The van der Waals surface area contributed by atoms with Crippen LogP contribution in [0.2, 0.25) is 0 Å². The Morgan fingerprint density at radius 1 is 0.760 bits per heavy atom. The maximum atomic E-state index is 14.3. The second-order valence-electron chi connectivity index (χ2n) is 14.8. The van der Waals surface area contributed by atoms with Gasteiger partial charge in [-0.3, -0.25) is 29.8 Å². The van der Waals surface area contributed by atoms with E-state index in [2.05, 4.69) is 44.7 Å². The zero-order chi connectivity index (χ0) is 36.0. The number of hydrogen-bond donors (Lipinski definition) is 0. The molecule has 11 heteroatoms. The fourth-order valence-electron chi connectivity index (χ4n) is 7.56. The number of allylic oxidation sites excluding steroid dienone is 4. The Bertz CT molecular complexity index is 1910. The van der Waals surface area contributed by atoms with E-state index in [1.54, 1.807) is 25.1 Å². The van der Waals surface area contributed by atoms with Crippen LogP contribution in [-0.4, -0.2) is 39.5 Å². The fourth-order valence-corrected chi connectivity index (χ4v) is 7.56. The van der Waals surface area contributed by atoms with Gasteiger partial charge in [-0.2, -0.15) is 0 Å². The molecule has 0 spiro atoms. The van der Waals surface area contributed by atoms with Gasteiger partial charge in [0, 0.05) is 53.9 Å². The number of nitro groups is 2. The molecule has 3 aliphatic rings. The Morgan fingerprint density at radius 2 is 1.36 bits per heavy atom. The molecule has 0 fully saturated rings. The quantitative estimate of drug-likeness (QED) is 0.152. The van der Waals surface area contributed by atoms with E-state index in [9.17, 15) is 29.8 Å². The average Bonchev–Trinajstić information content (AvgIpc) is 3.03. The molecule has 0 amide bonds. The summed E-state index contributed by atoms with van der Waals surface area (Å²) >= 11 is 0. The monoisotopic (exact) mass is 679 g/mol. The van der Waals surface area contributed by atoms with Gasteiger partial charge in [-0.05, 0) is 66.3 Å². The fraction of sp³-hybridized carbons (Fsp3) is 0.385. The molecular weight excluding hydrogens is 638 g/mol. The molecule has 260 valence electrons. The summed E-state index contributed by atoms with van der Waals surface area (Å²) in [6.45, 7) is 11.1. The summed E-state index contributed by atoms with van der Waals surface area (Å²) in [5, 5.41) is 23.1. The summed E-state index contributed by atoms with van der Waals surface area (Å²) in [6.07, 6.45) is 2.79. The number of nitrogens with zero attached hydrogens (tertiary/aromatic N) is 3. The Kier molecular flexibility index (Phi) is 9.11. The van der Waals surface area contributed by atoms with Gasteiger partial charge in [-0.1, -0.05) is 64.1 Å². The third-order valence-corrected chi connectivity index (χ3v) is 9.66. The number of ether oxygens (including phenoxy) is 2. The summed E-state index contributed by atoms with van der Waals surface area (Å²) < 4.78 is 12.0. The first kappa shape index (κ1) is 34.5. The predicted octanol–water partition coefficient (Wildman–Crippen LogP) is 8.62. The number of ketones is 2. The van der Waals surface area contributed by atoms with Crippen LogP contribution in [0.3, 0.4) is 0 Å². The number of carbonyl (C=O) groups excluding carboxylic acids is 2. The zero-order valence-electron chi connectivity index (χ0n) is 29.0. The minimum Gasteiger partial charge on any atom is -0.490 e. The van der Waals surface area contributed by atoms with E-state index < -0.39 is 27.1 Å². The molecule has 3 aromatic rings. The highest BCUT2D eigenvalue weighted by Gasteiger charge is 2.49. The van der Waals surface area contributed by atoms with Crippen molar-refractivity contribution < 1.29 is 28.9 Å². The van der Waals surface area contributed by atoms with Crippen molar-refractivity contribution in [1.29, 1.82) is 0 Å². The lowest BCUT2D eigenvalue weighted by molar-refractivity contribution is -0.394. The van der Waals surface area contributed by atoms with Gasteiger partial charge in [0.05, 0.1) is 22.5 Å². The van der Waals surface area contributed by atoms with Crippen molar-refractivity contribution in [2.75, 3.05) is 13.2 Å². The van der Waals surface area contributed by atoms with Crippen LogP contribution in [0.1, 0.15) is 77.3 Å². The predicted molar refractivity (Wildman–Crippen MR) is 187 cm³/mol. The number of non-ortho nitro benzene ring substituents is 1. The van der Waals surface area contributed by atoms with E-state index in [-0.39, 0.29) is 46.3 Å². The Balaban J connectivity index is 1.49. The standard InChI is InChI=1S/C39H41N3O8/c1-6-49-34-18-25(12-14-33(34)50-32-15-13-26(41(45)46)19-27(32)42(47)48)35-36-28(20-38(2,3)22-30(36)43)40(17-16-24-10-8-7-9-11-24)29-21-39(4,5)23-31(44)37(29)35/h7-15,18-19,35H,6,16-17,20-23H2,1-5H3. The maximum absolute atomic E-state index is 14.3. The summed E-state index contributed by atoms with van der Waals surface area (Å²) in [6, 6.07) is 18.5. The van der Waals surface area contributed by atoms with Crippen molar-refractivity contribution in [2.45, 2.75) is 72.6 Å². The summed E-state index contributed by atoms with van der Waals surface area (Å²) in [5.41, 5.74) is 3.48. The van der Waals surface area contributed by atoms with E-state index in [4.69, 9.17) is 9.47 Å². The van der Waals surface area contributed by atoms with Crippen molar-refractivity contribution in [2.24, 2.45) is 10.8 Å². The molecule has 6 rings (SSSR count). The molecule has 0 N–H and O–H groups in total. The Hall–Kier alpha value is -5.32. The van der Waals surface area contributed by atoms with Crippen molar-refractivity contribution in [3.05, 3.63) is 121 Å². The van der Waals surface area contributed by atoms with Crippen LogP contribution in [0.15, 0.2) is 89.3 Å². The molecule has 3 aromatic carbocycles. The normalized spacial score (nSPS) is 18.5. The van der Waals surface area contributed by atoms with Crippen molar-refractivity contribution in [3.8, 4) is 17.2 Å². The van der Waals surface area contributed by atoms with E-state index in [0.717, 1.165) is 29.9 Å². The van der Waals surface area contributed by atoms with Crippen LogP contribution < -0.4 is 9.47 Å². The van der Waals surface area contributed by atoms with Gasteiger partial charge in [-0.25, -0.2) is 0 Å². The Morgan fingerprint density at radius 3 is 1.92 bits per heavy atom. The first-order valence-corrected chi connectivity index (χ1v) is 16.9. The molecule has 0 saturated heterocycles. The molecule has 50 heavy (non-hydrogen) atoms. The van der Waals surface area contributed by atoms with Gasteiger partial charge in [0.1, 0.15) is 0 Å². The highest BCUT2D eigenvalue weighted by atomic mass is 16.6. The van der Waals surface area contributed by atoms with Crippen LogP contribution in [0.5, 0.6) is 17.2 Å². The molecule has 0 aromatic heterocycles. The highest BCUT2D eigenvalue weighted by Crippen LogP contribution is 2.55. The molecular formula is C39H41N3O8. The number of carbonyl (C=O) groups is 2. The smallest absolute Gasteiger partial charge is 0.318 e. The lowest BCUT2D eigenvalue weighted by Gasteiger charge is -2.49. The van der Waals surface area contributed by atoms with Gasteiger partial charge in [0.2, 0.25) is 5.75 Å². The molecule has 0 bridgehead atoms. The van der Waals surface area contributed by atoms with Crippen molar-refractivity contribution in [1.82, 2.24) is 4.90 Å². The maximum Gasteiger partial charge on any atom is 0.318 e. The summed E-state index contributed by atoms with van der Waals surface area (Å²) in [5.74, 6) is -0.374. The van der Waals surface area contributed by atoms with Crippen LogP contribution in [0.25, 0.3) is 0 Å². The summed E-state index contributed by atoms with van der Waals surface area (Å²) in [7, 11) is 0. The summed E-state index contributed by atoms with van der Waals surface area (Å²) in [4.78, 5) is 52.4. The third-order valence-electron chi connectivity index (χ3n) is 9.66. The largest absolute Gasteiger partial charge is 0.490 e. The van der Waals surface area contributed by atoms with Gasteiger partial charge >= 0.3 is 5.69 Å². The van der Waals surface area contributed by atoms with E-state index in [1.165, 1.54) is 11.6 Å². The first-order valence-electron chi connectivity index (χ1n) is 16.9. The van der Waals surface area contributed by atoms with Gasteiger partial charge in [0.25, 0.3) is 5.69 Å². The van der Waals surface area contributed by atoms with Crippen LogP contribution in [0.4, 0.5) is 11.4 Å². The van der Waals surface area contributed by atoms with E-state index in [1.807, 2.05) is 18.2 Å². The molecule has 2 aliphatic carbocycles. The second-order valence-corrected chi connectivity index (χ2v) is 14.8. The van der Waals surface area contributed by atoms with Gasteiger partial charge in [0.15, 0.2) is 23.1 Å². The van der Waals surface area contributed by atoms with Crippen LogP contribution in [-0.2, 0) is 16.0 Å².